The Morgan fingerprint density at radius 1 is 1.21 bits per heavy atom. The van der Waals surface area contributed by atoms with Gasteiger partial charge in [-0.25, -0.2) is 0 Å². The third-order valence-electron chi connectivity index (χ3n) is 8.16. The van der Waals surface area contributed by atoms with Crippen LogP contribution in [-0.2, 0) is 9.59 Å². The molecule has 0 aromatic heterocycles. The van der Waals surface area contributed by atoms with Crippen molar-refractivity contribution in [1.82, 2.24) is 0 Å². The highest BCUT2D eigenvalue weighted by Gasteiger charge is 2.62. The van der Waals surface area contributed by atoms with E-state index in [-0.39, 0.29) is 28.3 Å². The molecule has 0 aliphatic heterocycles. The van der Waals surface area contributed by atoms with E-state index in [1.54, 1.807) is 13.0 Å². The van der Waals surface area contributed by atoms with Crippen molar-refractivity contribution in [2.75, 3.05) is 0 Å². The smallest absolute Gasteiger partial charge is 0.178 e. The summed E-state index contributed by atoms with van der Waals surface area (Å²) in [5, 5.41) is 11.1. The fourth-order valence-electron chi connectivity index (χ4n) is 6.83. The van der Waals surface area contributed by atoms with Crippen LogP contribution in [0.4, 0.5) is 0 Å². The molecule has 0 saturated heterocycles. The standard InChI is InChI=1S/C21H28O3/c1-12(22)16-6-7-17-15-5-4-13-10-14(23)8-9-20(13,2)18(15)11-19(24)21(16,17)3/h8-10,15-19,24H,4-7,11H2,1-3H3/t15-,16+,17-,18-,19-,20-,21+/m0/s1. The van der Waals surface area contributed by atoms with Gasteiger partial charge in [0, 0.05) is 16.7 Å². The van der Waals surface area contributed by atoms with Crippen molar-refractivity contribution in [2.24, 2.45) is 34.5 Å². The Balaban J connectivity index is 1.73. The molecule has 0 amide bonds. The van der Waals surface area contributed by atoms with E-state index in [0.29, 0.717) is 17.8 Å². The average Bonchev–Trinajstić information content (AvgIpc) is 2.88. The summed E-state index contributed by atoms with van der Waals surface area (Å²) in [7, 11) is 0. The molecule has 0 aromatic rings. The number of hydrogen-bond acceptors (Lipinski definition) is 3. The largest absolute Gasteiger partial charge is 0.393 e. The summed E-state index contributed by atoms with van der Waals surface area (Å²) in [5.41, 5.74) is 0.875. The second-order valence-electron chi connectivity index (χ2n) is 8.96. The van der Waals surface area contributed by atoms with Crippen molar-refractivity contribution >= 4 is 11.6 Å². The van der Waals surface area contributed by atoms with E-state index in [4.69, 9.17) is 0 Å². The molecule has 130 valence electrons. The van der Waals surface area contributed by atoms with Gasteiger partial charge in [0.05, 0.1) is 6.10 Å². The maximum absolute atomic E-state index is 12.2. The van der Waals surface area contributed by atoms with Crippen LogP contribution in [0.3, 0.4) is 0 Å². The molecule has 7 atom stereocenters. The molecule has 3 nitrogen and oxygen atoms in total. The number of rotatable bonds is 1. The summed E-state index contributed by atoms with van der Waals surface area (Å²) in [6, 6.07) is 0. The van der Waals surface area contributed by atoms with Gasteiger partial charge < -0.3 is 5.11 Å². The number of aliphatic hydroxyl groups excluding tert-OH is 1. The van der Waals surface area contributed by atoms with Crippen molar-refractivity contribution in [3.8, 4) is 0 Å². The van der Waals surface area contributed by atoms with Crippen LogP contribution in [0, 0.1) is 34.5 Å². The number of aliphatic hydroxyl groups is 1. The number of Topliss-reactive ketones (excluding diaryl/α,β-unsaturated/α-hetero) is 1. The molecule has 0 aromatic carbocycles. The van der Waals surface area contributed by atoms with E-state index in [2.05, 4.69) is 19.9 Å². The number of carbonyl (C=O) groups excluding carboxylic acids is 2. The minimum atomic E-state index is -0.428. The normalized spacial score (nSPS) is 49.9. The lowest BCUT2D eigenvalue weighted by molar-refractivity contribution is -0.144. The van der Waals surface area contributed by atoms with E-state index in [9.17, 15) is 14.7 Å². The summed E-state index contributed by atoms with van der Waals surface area (Å²) in [4.78, 5) is 24.0. The van der Waals surface area contributed by atoms with Crippen LogP contribution in [0.15, 0.2) is 23.8 Å². The van der Waals surface area contributed by atoms with E-state index in [1.807, 2.05) is 6.08 Å². The first-order chi connectivity index (χ1) is 11.3. The Labute approximate surface area is 144 Å². The minimum Gasteiger partial charge on any atom is -0.393 e. The van der Waals surface area contributed by atoms with Crippen LogP contribution in [0.1, 0.15) is 52.9 Å². The summed E-state index contributed by atoms with van der Waals surface area (Å²) >= 11 is 0. The maximum atomic E-state index is 12.2. The zero-order valence-corrected chi connectivity index (χ0v) is 14.9. The van der Waals surface area contributed by atoms with Crippen molar-refractivity contribution in [3.63, 3.8) is 0 Å². The highest BCUT2D eigenvalue weighted by atomic mass is 16.3. The van der Waals surface area contributed by atoms with Gasteiger partial charge in [0.15, 0.2) is 5.78 Å². The molecule has 0 spiro atoms. The number of carbonyl (C=O) groups is 2. The minimum absolute atomic E-state index is 0.00618. The molecule has 0 radical (unpaired) electrons. The van der Waals surface area contributed by atoms with Crippen LogP contribution in [0.2, 0.25) is 0 Å². The lowest BCUT2D eigenvalue weighted by Gasteiger charge is -2.58. The average molecular weight is 328 g/mol. The van der Waals surface area contributed by atoms with Crippen LogP contribution in [-0.4, -0.2) is 22.8 Å². The van der Waals surface area contributed by atoms with E-state index in [1.165, 1.54) is 5.57 Å². The topological polar surface area (TPSA) is 54.4 Å². The summed E-state index contributed by atoms with van der Waals surface area (Å²) in [5.74, 6) is 1.68. The Bertz CT molecular complexity index is 660. The van der Waals surface area contributed by atoms with Crippen LogP contribution < -0.4 is 0 Å². The predicted molar refractivity (Wildman–Crippen MR) is 92.2 cm³/mol. The SMILES string of the molecule is CC(=O)[C@H]1CC[C@H]2[C@@H]3CCC4=CC(=O)C=C[C@]4(C)[C@H]3C[C@H](O)[C@]12C. The first kappa shape index (κ1) is 16.3. The van der Waals surface area contributed by atoms with Crippen molar-refractivity contribution < 1.29 is 14.7 Å². The fourth-order valence-corrected chi connectivity index (χ4v) is 6.83. The van der Waals surface area contributed by atoms with Gasteiger partial charge in [-0.15, -0.1) is 0 Å². The van der Waals surface area contributed by atoms with E-state index in [0.717, 1.165) is 32.1 Å². The Morgan fingerprint density at radius 2 is 1.96 bits per heavy atom. The molecule has 3 fully saturated rings. The van der Waals surface area contributed by atoms with Gasteiger partial charge >= 0.3 is 0 Å². The molecule has 3 saturated carbocycles. The lowest BCUT2D eigenvalue weighted by Crippen LogP contribution is -2.56. The van der Waals surface area contributed by atoms with Gasteiger partial charge in [0.1, 0.15) is 5.78 Å². The summed E-state index contributed by atoms with van der Waals surface area (Å²) in [6.45, 7) is 6.09. The molecule has 4 rings (SSSR count). The van der Waals surface area contributed by atoms with Gasteiger partial charge in [-0.3, -0.25) is 9.59 Å². The number of allylic oxidation sites excluding steroid dienone is 4. The van der Waals surface area contributed by atoms with Crippen LogP contribution in [0.5, 0.6) is 0 Å². The molecule has 1 N–H and O–H groups in total. The lowest BCUT2D eigenvalue weighted by atomic mass is 9.47. The molecular weight excluding hydrogens is 300 g/mol. The highest BCUT2D eigenvalue weighted by molar-refractivity contribution is 6.01. The molecular formula is C21H28O3. The molecule has 0 unspecified atom stereocenters. The Hall–Kier alpha value is -1.22. The van der Waals surface area contributed by atoms with Gasteiger partial charge in [0.25, 0.3) is 0 Å². The van der Waals surface area contributed by atoms with Crippen LogP contribution in [0.25, 0.3) is 0 Å². The zero-order valence-electron chi connectivity index (χ0n) is 14.9. The van der Waals surface area contributed by atoms with Crippen molar-refractivity contribution in [3.05, 3.63) is 23.8 Å². The fraction of sp³-hybridized carbons (Fsp3) is 0.714. The van der Waals surface area contributed by atoms with Gasteiger partial charge in [-0.1, -0.05) is 25.5 Å². The predicted octanol–water partition coefficient (Wildman–Crippen LogP) is 3.47. The van der Waals surface area contributed by atoms with E-state index >= 15 is 0 Å². The quantitative estimate of drug-likeness (QED) is 0.802. The molecule has 24 heavy (non-hydrogen) atoms. The summed E-state index contributed by atoms with van der Waals surface area (Å²) < 4.78 is 0. The maximum Gasteiger partial charge on any atom is 0.178 e. The van der Waals surface area contributed by atoms with Crippen LogP contribution >= 0.6 is 0 Å². The first-order valence-electron chi connectivity index (χ1n) is 9.41. The van der Waals surface area contributed by atoms with Gasteiger partial charge in [-0.05, 0) is 68.9 Å². The monoisotopic (exact) mass is 328 g/mol. The number of fused-ring (bicyclic) bond motifs is 5. The number of ketones is 2. The molecule has 0 bridgehead atoms. The van der Waals surface area contributed by atoms with Gasteiger partial charge in [0.2, 0.25) is 0 Å². The molecule has 4 aliphatic carbocycles. The third kappa shape index (κ3) is 1.94. The van der Waals surface area contributed by atoms with Gasteiger partial charge in [-0.2, -0.15) is 0 Å². The third-order valence-corrected chi connectivity index (χ3v) is 8.16. The zero-order chi connectivity index (χ0) is 17.3. The molecule has 3 heteroatoms. The first-order valence-corrected chi connectivity index (χ1v) is 9.41. The summed E-state index contributed by atoms with van der Waals surface area (Å²) in [6.07, 6.45) is 9.97. The Morgan fingerprint density at radius 3 is 2.67 bits per heavy atom. The highest BCUT2D eigenvalue weighted by Crippen LogP contribution is 2.65. The van der Waals surface area contributed by atoms with Crippen molar-refractivity contribution in [2.45, 2.75) is 59.0 Å². The van der Waals surface area contributed by atoms with Crippen molar-refractivity contribution in [1.29, 1.82) is 0 Å². The van der Waals surface area contributed by atoms with E-state index < -0.39 is 6.10 Å². The number of hydrogen-bond donors (Lipinski definition) is 1. The second-order valence-corrected chi connectivity index (χ2v) is 8.96. The Kier molecular flexibility index (Phi) is 3.48. The molecule has 0 heterocycles. The molecule has 4 aliphatic rings. The second kappa shape index (κ2) is 5.14.